The van der Waals surface area contributed by atoms with Crippen molar-refractivity contribution in [1.82, 2.24) is 26.0 Å². The summed E-state index contributed by atoms with van der Waals surface area (Å²) in [5.74, 6) is -0.633. The van der Waals surface area contributed by atoms with E-state index in [1.807, 2.05) is 6.92 Å². The molecular weight excluding hydrogens is 210 g/mol. The molecule has 1 aromatic rings. The van der Waals surface area contributed by atoms with E-state index in [2.05, 4.69) is 26.0 Å². The van der Waals surface area contributed by atoms with Crippen LogP contribution < -0.4 is 10.6 Å². The Hall–Kier alpha value is -1.92. The molecule has 7 heteroatoms. The van der Waals surface area contributed by atoms with Crippen LogP contribution in [0, 0.1) is 0 Å². The maximum Gasteiger partial charge on any atom is 0.274 e. The lowest BCUT2D eigenvalue weighted by atomic mass is 10.3. The number of H-pyrrole nitrogens is 1. The normalized spacial score (nSPS) is 11.9. The van der Waals surface area contributed by atoms with Gasteiger partial charge in [-0.3, -0.25) is 9.59 Å². The number of aromatic amines is 1. The third-order valence-corrected chi connectivity index (χ3v) is 1.94. The van der Waals surface area contributed by atoms with Crippen LogP contribution in [0.15, 0.2) is 6.20 Å². The van der Waals surface area contributed by atoms with Crippen molar-refractivity contribution in [3.05, 3.63) is 11.9 Å². The van der Waals surface area contributed by atoms with E-state index in [4.69, 9.17) is 0 Å². The lowest BCUT2D eigenvalue weighted by molar-refractivity contribution is -0.122. The van der Waals surface area contributed by atoms with Crippen molar-refractivity contribution in [1.29, 1.82) is 0 Å². The highest BCUT2D eigenvalue weighted by Gasteiger charge is 2.17. The molecule has 2 amide bonds. The number of hydrogen-bond donors (Lipinski definition) is 3. The van der Waals surface area contributed by atoms with Gasteiger partial charge in [-0.2, -0.15) is 15.4 Å². The van der Waals surface area contributed by atoms with E-state index in [1.165, 1.54) is 6.20 Å². The summed E-state index contributed by atoms with van der Waals surface area (Å²) >= 11 is 0. The molecule has 0 bridgehead atoms. The molecule has 0 radical (unpaired) electrons. The van der Waals surface area contributed by atoms with Gasteiger partial charge in [0, 0.05) is 6.54 Å². The van der Waals surface area contributed by atoms with Crippen molar-refractivity contribution in [3.63, 3.8) is 0 Å². The molecular formula is C9H15N5O2. The zero-order valence-corrected chi connectivity index (χ0v) is 9.28. The highest BCUT2D eigenvalue weighted by Crippen LogP contribution is 1.91. The van der Waals surface area contributed by atoms with E-state index in [-0.39, 0.29) is 11.6 Å². The summed E-state index contributed by atoms with van der Waals surface area (Å²) in [6.07, 6.45) is 2.15. The van der Waals surface area contributed by atoms with Crippen molar-refractivity contribution >= 4 is 11.8 Å². The van der Waals surface area contributed by atoms with Gasteiger partial charge < -0.3 is 10.6 Å². The van der Waals surface area contributed by atoms with Crippen LogP contribution in [0.4, 0.5) is 0 Å². The Labute approximate surface area is 93.0 Å². The van der Waals surface area contributed by atoms with Gasteiger partial charge in [-0.25, -0.2) is 0 Å². The van der Waals surface area contributed by atoms with E-state index in [1.54, 1.807) is 6.92 Å². The largest absolute Gasteiger partial charge is 0.354 e. The third kappa shape index (κ3) is 3.34. The quantitative estimate of drug-likeness (QED) is 0.626. The van der Waals surface area contributed by atoms with Crippen LogP contribution in [0.5, 0.6) is 0 Å². The second-order valence-electron chi connectivity index (χ2n) is 3.34. The number of carbonyl (C=O) groups is 2. The molecule has 1 atom stereocenters. The molecule has 3 N–H and O–H groups in total. The van der Waals surface area contributed by atoms with Gasteiger partial charge >= 0.3 is 0 Å². The fourth-order valence-corrected chi connectivity index (χ4v) is 1.05. The SMILES string of the molecule is CCCNC(=O)C(C)NC(=O)c1cn[nH]n1. The van der Waals surface area contributed by atoms with Crippen LogP contribution in [0.25, 0.3) is 0 Å². The van der Waals surface area contributed by atoms with E-state index in [0.717, 1.165) is 6.42 Å². The standard InChI is InChI=1S/C9H15N5O2/c1-3-4-10-8(15)6(2)12-9(16)7-5-11-14-13-7/h5-6H,3-4H2,1-2H3,(H,10,15)(H,12,16)(H,11,13,14). The topological polar surface area (TPSA) is 99.8 Å². The van der Waals surface area contributed by atoms with Gasteiger partial charge in [-0.1, -0.05) is 6.92 Å². The first-order valence-corrected chi connectivity index (χ1v) is 5.09. The van der Waals surface area contributed by atoms with Gasteiger partial charge in [0.25, 0.3) is 5.91 Å². The average Bonchev–Trinajstić information content (AvgIpc) is 2.79. The highest BCUT2D eigenvalue weighted by molar-refractivity contribution is 5.95. The summed E-state index contributed by atoms with van der Waals surface area (Å²) in [5, 5.41) is 14.6. The minimum Gasteiger partial charge on any atom is -0.354 e. The molecule has 0 saturated heterocycles. The van der Waals surface area contributed by atoms with E-state index in [0.29, 0.717) is 6.54 Å². The smallest absolute Gasteiger partial charge is 0.274 e. The molecule has 1 unspecified atom stereocenters. The minimum atomic E-state index is -0.587. The van der Waals surface area contributed by atoms with Gasteiger partial charge in [0.15, 0.2) is 5.69 Å². The summed E-state index contributed by atoms with van der Waals surface area (Å²) in [6, 6.07) is -0.587. The molecule has 0 saturated carbocycles. The lowest BCUT2D eigenvalue weighted by Gasteiger charge is -2.12. The zero-order valence-electron chi connectivity index (χ0n) is 9.28. The fourth-order valence-electron chi connectivity index (χ4n) is 1.05. The molecule has 1 rings (SSSR count). The van der Waals surface area contributed by atoms with Gasteiger partial charge in [0.05, 0.1) is 6.20 Å². The second kappa shape index (κ2) is 5.84. The molecule has 7 nitrogen and oxygen atoms in total. The van der Waals surface area contributed by atoms with Crippen LogP contribution in [-0.4, -0.2) is 39.8 Å². The summed E-state index contributed by atoms with van der Waals surface area (Å²) in [4.78, 5) is 22.9. The van der Waals surface area contributed by atoms with Crippen LogP contribution >= 0.6 is 0 Å². The van der Waals surface area contributed by atoms with Crippen LogP contribution in [-0.2, 0) is 4.79 Å². The maximum atomic E-state index is 11.5. The van der Waals surface area contributed by atoms with Crippen LogP contribution in [0.3, 0.4) is 0 Å². The molecule has 0 aliphatic carbocycles. The molecule has 0 spiro atoms. The van der Waals surface area contributed by atoms with E-state index >= 15 is 0 Å². The highest BCUT2D eigenvalue weighted by atomic mass is 16.2. The number of carbonyl (C=O) groups excluding carboxylic acids is 2. The minimum absolute atomic E-state index is 0.162. The van der Waals surface area contributed by atoms with E-state index in [9.17, 15) is 9.59 Å². The lowest BCUT2D eigenvalue weighted by Crippen LogP contribution is -2.45. The van der Waals surface area contributed by atoms with Gasteiger partial charge in [-0.05, 0) is 13.3 Å². The third-order valence-electron chi connectivity index (χ3n) is 1.94. The summed E-state index contributed by atoms with van der Waals surface area (Å²) in [6.45, 7) is 4.17. The first-order chi connectivity index (χ1) is 7.65. The first kappa shape index (κ1) is 12.2. The van der Waals surface area contributed by atoms with Crippen molar-refractivity contribution in [2.45, 2.75) is 26.3 Å². The molecule has 16 heavy (non-hydrogen) atoms. The number of hydrogen-bond acceptors (Lipinski definition) is 4. The molecule has 1 aromatic heterocycles. The zero-order chi connectivity index (χ0) is 12.0. The van der Waals surface area contributed by atoms with Crippen molar-refractivity contribution in [2.75, 3.05) is 6.54 Å². The molecule has 0 fully saturated rings. The first-order valence-electron chi connectivity index (χ1n) is 5.09. The van der Waals surface area contributed by atoms with Crippen molar-refractivity contribution in [2.24, 2.45) is 0 Å². The molecule has 0 aliphatic heterocycles. The molecule has 0 aromatic carbocycles. The fraction of sp³-hybridized carbons (Fsp3) is 0.556. The Morgan fingerprint density at radius 1 is 1.56 bits per heavy atom. The Morgan fingerprint density at radius 2 is 2.31 bits per heavy atom. The second-order valence-corrected chi connectivity index (χ2v) is 3.34. The summed E-state index contributed by atoms with van der Waals surface area (Å²) < 4.78 is 0. The number of nitrogens with zero attached hydrogens (tertiary/aromatic N) is 2. The maximum absolute atomic E-state index is 11.5. The van der Waals surface area contributed by atoms with Crippen LogP contribution in [0.2, 0.25) is 0 Å². The molecule has 88 valence electrons. The van der Waals surface area contributed by atoms with Crippen molar-refractivity contribution in [3.8, 4) is 0 Å². The molecule has 0 aliphatic rings. The number of nitrogens with one attached hydrogen (secondary N) is 3. The predicted molar refractivity (Wildman–Crippen MR) is 56.6 cm³/mol. The van der Waals surface area contributed by atoms with Crippen LogP contribution in [0.1, 0.15) is 30.8 Å². The van der Waals surface area contributed by atoms with Crippen molar-refractivity contribution < 1.29 is 9.59 Å². The number of amides is 2. The Kier molecular flexibility index (Phi) is 4.43. The number of aromatic nitrogens is 3. The summed E-state index contributed by atoms with van der Waals surface area (Å²) in [7, 11) is 0. The van der Waals surface area contributed by atoms with Gasteiger partial charge in [0.1, 0.15) is 6.04 Å². The van der Waals surface area contributed by atoms with Gasteiger partial charge in [-0.15, -0.1) is 0 Å². The Balaban J connectivity index is 2.42. The average molecular weight is 225 g/mol. The van der Waals surface area contributed by atoms with E-state index < -0.39 is 11.9 Å². The molecule has 1 heterocycles. The monoisotopic (exact) mass is 225 g/mol. The Morgan fingerprint density at radius 3 is 2.88 bits per heavy atom. The Bertz CT molecular complexity index is 349. The summed E-state index contributed by atoms with van der Waals surface area (Å²) in [5.41, 5.74) is 0.162. The number of rotatable bonds is 5. The predicted octanol–water partition coefficient (Wildman–Crippen LogP) is -0.551. The van der Waals surface area contributed by atoms with Gasteiger partial charge in [0.2, 0.25) is 5.91 Å².